The summed E-state index contributed by atoms with van der Waals surface area (Å²) in [5.74, 6) is -0.00292. The van der Waals surface area contributed by atoms with Crippen molar-refractivity contribution in [2.24, 2.45) is 0 Å². The van der Waals surface area contributed by atoms with Crippen molar-refractivity contribution in [3.8, 4) is 0 Å². The molecule has 0 rings (SSSR count). The maximum Gasteiger partial charge on any atom is 0.243 e. The van der Waals surface area contributed by atoms with Gasteiger partial charge in [-0.2, -0.15) is 0 Å². The van der Waals surface area contributed by atoms with Gasteiger partial charge < -0.3 is 5.32 Å². The summed E-state index contributed by atoms with van der Waals surface area (Å²) in [6.45, 7) is 5.86. The highest BCUT2D eigenvalue weighted by molar-refractivity contribution is 5.87. The first kappa shape index (κ1) is 9.21. The molecule has 0 saturated heterocycles. The third-order valence-electron chi connectivity index (χ3n) is 1.32. The van der Waals surface area contributed by atoms with Gasteiger partial charge in [-0.05, 0) is 26.3 Å². The molecule has 0 fully saturated rings. The molecule has 1 amide bonds. The number of hydrogen-bond donors (Lipinski definition) is 1. The molecule has 0 saturated carbocycles. The van der Waals surface area contributed by atoms with E-state index in [2.05, 4.69) is 5.32 Å². The monoisotopic (exact) mass is 141 g/mol. The zero-order valence-corrected chi connectivity index (χ0v) is 6.85. The molecule has 0 heterocycles. The Bertz CT molecular complexity index is 129. The topological polar surface area (TPSA) is 29.1 Å². The van der Waals surface area contributed by atoms with Crippen LogP contribution >= 0.6 is 0 Å². The van der Waals surface area contributed by atoms with E-state index in [-0.39, 0.29) is 11.9 Å². The molecule has 0 aromatic carbocycles. The van der Waals surface area contributed by atoms with Crippen LogP contribution in [0, 0.1) is 0 Å². The van der Waals surface area contributed by atoms with E-state index in [1.54, 1.807) is 6.08 Å². The zero-order chi connectivity index (χ0) is 7.98. The third kappa shape index (κ3) is 4.13. The second-order valence-electron chi connectivity index (χ2n) is 2.32. The number of nitrogens with one attached hydrogen (secondary N) is 1. The predicted molar refractivity (Wildman–Crippen MR) is 42.7 cm³/mol. The average molecular weight is 141 g/mol. The van der Waals surface area contributed by atoms with E-state index >= 15 is 0 Å². The Morgan fingerprint density at radius 3 is 2.70 bits per heavy atom. The Labute approximate surface area is 62.3 Å². The molecular formula is C8H15NO. The van der Waals surface area contributed by atoms with Gasteiger partial charge in [-0.25, -0.2) is 0 Å². The van der Waals surface area contributed by atoms with Crippen LogP contribution in [0.4, 0.5) is 0 Å². The summed E-state index contributed by atoms with van der Waals surface area (Å²) in [5, 5.41) is 2.80. The number of amides is 1. The van der Waals surface area contributed by atoms with Gasteiger partial charge in [0.2, 0.25) is 5.91 Å². The Kier molecular flexibility index (Phi) is 4.63. The van der Waals surface area contributed by atoms with Crippen molar-refractivity contribution in [3.05, 3.63) is 12.2 Å². The second kappa shape index (κ2) is 5.03. The zero-order valence-electron chi connectivity index (χ0n) is 6.85. The molecule has 0 aromatic rings. The number of allylic oxidation sites excluding steroid dienone is 1. The van der Waals surface area contributed by atoms with Crippen molar-refractivity contribution in [3.63, 3.8) is 0 Å². The quantitative estimate of drug-likeness (QED) is 0.592. The molecule has 1 N–H and O–H groups in total. The molecule has 10 heavy (non-hydrogen) atoms. The standard InChI is InChI=1S/C8H15NO/c1-4-6-8(10)9-7(3)5-2/h4,6-7H,5H2,1-3H3,(H,9,10)/b6-4+. The SMILES string of the molecule is C/C=C/C(=O)NC(C)CC. The Hall–Kier alpha value is -0.790. The summed E-state index contributed by atoms with van der Waals surface area (Å²) < 4.78 is 0. The summed E-state index contributed by atoms with van der Waals surface area (Å²) in [5.41, 5.74) is 0. The van der Waals surface area contributed by atoms with Gasteiger partial charge >= 0.3 is 0 Å². The molecule has 0 spiro atoms. The highest BCUT2D eigenvalue weighted by Gasteiger charge is 1.99. The lowest BCUT2D eigenvalue weighted by molar-refractivity contribution is -0.117. The van der Waals surface area contributed by atoms with Gasteiger partial charge in [-0.3, -0.25) is 4.79 Å². The lowest BCUT2D eigenvalue weighted by Crippen LogP contribution is -2.30. The third-order valence-corrected chi connectivity index (χ3v) is 1.32. The highest BCUT2D eigenvalue weighted by Crippen LogP contribution is 1.87. The fraction of sp³-hybridized carbons (Fsp3) is 0.625. The molecule has 0 bridgehead atoms. The molecule has 1 atom stereocenters. The maximum atomic E-state index is 10.8. The first-order chi connectivity index (χ1) is 4.70. The van der Waals surface area contributed by atoms with Gasteiger partial charge in [0.1, 0.15) is 0 Å². The summed E-state index contributed by atoms with van der Waals surface area (Å²) in [6.07, 6.45) is 4.24. The van der Waals surface area contributed by atoms with Gasteiger partial charge in [0, 0.05) is 6.04 Å². The first-order valence-corrected chi connectivity index (χ1v) is 3.63. The minimum atomic E-state index is -0.00292. The van der Waals surface area contributed by atoms with Crippen LogP contribution in [0.25, 0.3) is 0 Å². The molecule has 58 valence electrons. The summed E-state index contributed by atoms with van der Waals surface area (Å²) in [7, 11) is 0. The molecular weight excluding hydrogens is 126 g/mol. The van der Waals surface area contributed by atoms with Gasteiger partial charge in [0.05, 0.1) is 0 Å². The van der Waals surface area contributed by atoms with E-state index < -0.39 is 0 Å². The largest absolute Gasteiger partial charge is 0.350 e. The molecule has 2 nitrogen and oxygen atoms in total. The van der Waals surface area contributed by atoms with Crippen molar-refractivity contribution in [1.82, 2.24) is 5.32 Å². The average Bonchev–Trinajstić information content (AvgIpc) is 1.88. The van der Waals surface area contributed by atoms with E-state index in [0.29, 0.717) is 0 Å². The fourth-order valence-corrected chi connectivity index (χ4v) is 0.544. The van der Waals surface area contributed by atoms with Crippen LogP contribution in [-0.2, 0) is 4.79 Å². The molecule has 0 radical (unpaired) electrons. The minimum Gasteiger partial charge on any atom is -0.350 e. The van der Waals surface area contributed by atoms with Crippen molar-refractivity contribution >= 4 is 5.91 Å². The number of carbonyl (C=O) groups excluding carboxylic acids is 1. The van der Waals surface area contributed by atoms with Crippen LogP contribution in [0.5, 0.6) is 0 Å². The molecule has 0 aromatic heterocycles. The van der Waals surface area contributed by atoms with Crippen LogP contribution in [0.2, 0.25) is 0 Å². The normalized spacial score (nSPS) is 13.5. The highest BCUT2D eigenvalue weighted by atomic mass is 16.1. The van der Waals surface area contributed by atoms with Gasteiger partial charge in [0.15, 0.2) is 0 Å². The fourth-order valence-electron chi connectivity index (χ4n) is 0.544. The first-order valence-electron chi connectivity index (χ1n) is 3.63. The summed E-state index contributed by atoms with van der Waals surface area (Å²) in [4.78, 5) is 10.8. The molecule has 0 aliphatic heterocycles. The number of hydrogen-bond acceptors (Lipinski definition) is 1. The van der Waals surface area contributed by atoms with Crippen LogP contribution in [0.3, 0.4) is 0 Å². The lowest BCUT2D eigenvalue weighted by Gasteiger charge is -2.07. The van der Waals surface area contributed by atoms with Crippen molar-refractivity contribution in [2.45, 2.75) is 33.2 Å². The van der Waals surface area contributed by atoms with E-state index in [9.17, 15) is 4.79 Å². The summed E-state index contributed by atoms with van der Waals surface area (Å²) >= 11 is 0. The summed E-state index contributed by atoms with van der Waals surface area (Å²) in [6, 6.07) is 0.281. The van der Waals surface area contributed by atoms with Crippen LogP contribution < -0.4 is 5.32 Å². The minimum absolute atomic E-state index is 0.00292. The van der Waals surface area contributed by atoms with E-state index in [4.69, 9.17) is 0 Å². The lowest BCUT2D eigenvalue weighted by atomic mass is 10.2. The van der Waals surface area contributed by atoms with Crippen LogP contribution in [-0.4, -0.2) is 11.9 Å². The van der Waals surface area contributed by atoms with Gasteiger partial charge in [-0.1, -0.05) is 13.0 Å². The van der Waals surface area contributed by atoms with E-state index in [1.165, 1.54) is 6.08 Å². The molecule has 2 heteroatoms. The Morgan fingerprint density at radius 1 is 1.70 bits per heavy atom. The Balaban J connectivity index is 3.57. The molecule has 0 aliphatic carbocycles. The smallest absolute Gasteiger partial charge is 0.243 e. The number of carbonyl (C=O) groups is 1. The van der Waals surface area contributed by atoms with Crippen molar-refractivity contribution < 1.29 is 4.79 Å². The van der Waals surface area contributed by atoms with Gasteiger partial charge in [0.25, 0.3) is 0 Å². The van der Waals surface area contributed by atoms with Crippen molar-refractivity contribution in [2.75, 3.05) is 0 Å². The van der Waals surface area contributed by atoms with E-state index in [0.717, 1.165) is 6.42 Å². The second-order valence-corrected chi connectivity index (χ2v) is 2.32. The van der Waals surface area contributed by atoms with Crippen LogP contribution in [0.15, 0.2) is 12.2 Å². The van der Waals surface area contributed by atoms with Crippen molar-refractivity contribution in [1.29, 1.82) is 0 Å². The van der Waals surface area contributed by atoms with Gasteiger partial charge in [-0.15, -0.1) is 0 Å². The maximum absolute atomic E-state index is 10.8. The van der Waals surface area contributed by atoms with Crippen LogP contribution in [0.1, 0.15) is 27.2 Å². The Morgan fingerprint density at radius 2 is 2.30 bits per heavy atom. The molecule has 1 unspecified atom stereocenters. The predicted octanol–water partition coefficient (Wildman–Crippen LogP) is 1.48. The number of rotatable bonds is 3. The van der Waals surface area contributed by atoms with E-state index in [1.807, 2.05) is 20.8 Å². The molecule has 0 aliphatic rings.